The minimum absolute atomic E-state index is 0.0200. The number of halogens is 3. The Morgan fingerprint density at radius 2 is 1.65 bits per heavy atom. The van der Waals surface area contributed by atoms with Crippen LogP contribution in [0.25, 0.3) is 0 Å². The van der Waals surface area contributed by atoms with Gasteiger partial charge in [0.15, 0.2) is 0 Å². The first-order valence-electron chi connectivity index (χ1n) is 6.51. The van der Waals surface area contributed by atoms with Crippen LogP contribution in [-0.4, -0.2) is 25.4 Å². The maximum absolute atomic E-state index is 12.0. The van der Waals surface area contributed by atoms with Gasteiger partial charge in [-0.25, -0.2) is 4.57 Å². The summed E-state index contributed by atoms with van der Waals surface area (Å²) in [5.41, 5.74) is 2.17. The summed E-state index contributed by atoms with van der Waals surface area (Å²) in [7, 11) is -3.69. The first kappa shape index (κ1) is 19.2. The monoisotopic (exact) mass is 350 g/mol. The van der Waals surface area contributed by atoms with E-state index in [1.54, 1.807) is 13.8 Å². The lowest BCUT2D eigenvalue weighted by Gasteiger charge is -2.09. The zero-order valence-electron chi connectivity index (χ0n) is 12.3. The molecule has 0 N–H and O–H groups in total. The fraction of sp³-hybridized carbons (Fsp3) is 0.357. The van der Waals surface area contributed by atoms with E-state index < -0.39 is 25.5 Å². The molecular weight excluding hydrogens is 336 g/mol. The molecule has 0 saturated heterocycles. The Bertz CT molecular complexity index is 633. The smallest absolute Gasteiger partial charge is 0.406 e. The predicted octanol–water partition coefficient (Wildman–Crippen LogP) is 3.99. The topological polar surface area (TPSA) is 61.8 Å². The number of alkyl halides is 3. The Balaban J connectivity index is 2.87. The summed E-state index contributed by atoms with van der Waals surface area (Å²) in [4.78, 5) is 11.8. The molecular formula is C14H14F3O5P. The van der Waals surface area contributed by atoms with Crippen LogP contribution in [0.2, 0.25) is 0 Å². The summed E-state index contributed by atoms with van der Waals surface area (Å²) >= 11 is 0. The van der Waals surface area contributed by atoms with Crippen molar-refractivity contribution in [3.05, 3.63) is 29.8 Å². The number of ketones is 1. The number of hydrogen-bond donors (Lipinski definition) is 0. The van der Waals surface area contributed by atoms with Crippen molar-refractivity contribution in [2.24, 2.45) is 0 Å². The minimum atomic E-state index is -4.81. The maximum atomic E-state index is 12.0. The van der Waals surface area contributed by atoms with E-state index in [9.17, 15) is 22.5 Å². The van der Waals surface area contributed by atoms with Gasteiger partial charge in [-0.05, 0) is 44.0 Å². The van der Waals surface area contributed by atoms with Gasteiger partial charge in [0.1, 0.15) is 5.75 Å². The summed E-state index contributed by atoms with van der Waals surface area (Å²) in [5.74, 6) is 0.917. The standard InChI is InChI=1S/C14H14F3O5P/c1-3-20-23(19,21-4-2)10-9-13(18)11-5-7-12(8-6-11)22-14(15,16)17/h5-8H,3-4H2,1-2H3. The summed E-state index contributed by atoms with van der Waals surface area (Å²) in [6.45, 7) is 3.36. The zero-order chi connectivity index (χ0) is 17.5. The average Bonchev–Trinajstić information content (AvgIpc) is 2.44. The number of Topliss-reactive ketones (excluding diaryl/α,β-unsaturated/α-hetero) is 1. The molecule has 0 saturated carbocycles. The van der Waals surface area contributed by atoms with Gasteiger partial charge < -0.3 is 4.74 Å². The van der Waals surface area contributed by atoms with Gasteiger partial charge in [0.05, 0.1) is 13.2 Å². The summed E-state index contributed by atoms with van der Waals surface area (Å²) in [5, 5.41) is 0. The molecule has 0 aliphatic heterocycles. The molecule has 9 heteroatoms. The van der Waals surface area contributed by atoms with Crippen LogP contribution in [-0.2, 0) is 13.6 Å². The van der Waals surface area contributed by atoms with Crippen LogP contribution in [0.15, 0.2) is 24.3 Å². The SMILES string of the molecule is CCOP(=O)(C#CC(=O)c1ccc(OC(F)(F)F)cc1)OCC. The molecule has 1 aromatic carbocycles. The molecule has 0 amide bonds. The molecule has 0 heterocycles. The molecule has 126 valence electrons. The molecule has 0 spiro atoms. The van der Waals surface area contributed by atoms with Crippen LogP contribution < -0.4 is 4.74 Å². The molecule has 1 aromatic rings. The van der Waals surface area contributed by atoms with Gasteiger partial charge >= 0.3 is 14.0 Å². The van der Waals surface area contributed by atoms with Crippen LogP contribution in [0.5, 0.6) is 5.75 Å². The molecule has 0 fully saturated rings. The van der Waals surface area contributed by atoms with E-state index in [1.807, 2.05) is 0 Å². The van der Waals surface area contributed by atoms with E-state index in [4.69, 9.17) is 9.05 Å². The van der Waals surface area contributed by atoms with Gasteiger partial charge in [0.25, 0.3) is 0 Å². The third kappa shape index (κ3) is 6.87. The van der Waals surface area contributed by atoms with Crippen molar-refractivity contribution in [1.29, 1.82) is 0 Å². The molecule has 0 bridgehead atoms. The molecule has 0 aromatic heterocycles. The normalized spacial score (nSPS) is 11.5. The lowest BCUT2D eigenvalue weighted by molar-refractivity contribution is -0.274. The Labute approximate surface area is 131 Å². The number of ether oxygens (including phenoxy) is 1. The summed E-state index contributed by atoms with van der Waals surface area (Å²) < 4.78 is 61.6. The van der Waals surface area contributed by atoms with Crippen molar-refractivity contribution in [1.82, 2.24) is 0 Å². The highest BCUT2D eigenvalue weighted by Crippen LogP contribution is 2.46. The highest BCUT2D eigenvalue weighted by molar-refractivity contribution is 7.59. The predicted molar refractivity (Wildman–Crippen MR) is 76.1 cm³/mol. The summed E-state index contributed by atoms with van der Waals surface area (Å²) in [6, 6.07) is 4.19. The second-order valence-corrected chi connectivity index (χ2v) is 5.71. The Hall–Kier alpha value is -1.81. The molecule has 0 unspecified atom stereocenters. The van der Waals surface area contributed by atoms with E-state index in [0.717, 1.165) is 24.3 Å². The van der Waals surface area contributed by atoms with Gasteiger partial charge in [-0.3, -0.25) is 13.8 Å². The van der Waals surface area contributed by atoms with E-state index in [1.165, 1.54) is 0 Å². The average molecular weight is 350 g/mol. The van der Waals surface area contributed by atoms with Gasteiger partial charge in [0, 0.05) is 11.2 Å². The summed E-state index contributed by atoms with van der Waals surface area (Å²) in [6.07, 6.45) is -4.81. The lowest BCUT2D eigenvalue weighted by atomic mass is 10.1. The molecule has 1 rings (SSSR count). The zero-order valence-corrected chi connectivity index (χ0v) is 13.2. The van der Waals surface area contributed by atoms with E-state index in [0.29, 0.717) is 0 Å². The van der Waals surface area contributed by atoms with E-state index in [-0.39, 0.29) is 18.8 Å². The number of carbonyl (C=O) groups is 1. The van der Waals surface area contributed by atoms with Crippen molar-refractivity contribution >= 4 is 13.4 Å². The van der Waals surface area contributed by atoms with Crippen LogP contribution in [0.4, 0.5) is 13.2 Å². The van der Waals surface area contributed by atoms with Gasteiger partial charge in [0.2, 0.25) is 5.78 Å². The highest BCUT2D eigenvalue weighted by atomic mass is 31.2. The van der Waals surface area contributed by atoms with Gasteiger partial charge in [-0.2, -0.15) is 0 Å². The third-order valence-corrected chi connectivity index (χ3v) is 3.84. The Morgan fingerprint density at radius 3 is 2.09 bits per heavy atom. The van der Waals surface area contributed by atoms with E-state index in [2.05, 4.69) is 16.3 Å². The van der Waals surface area contributed by atoms with Crippen molar-refractivity contribution in [3.63, 3.8) is 0 Å². The van der Waals surface area contributed by atoms with Crippen LogP contribution in [0.3, 0.4) is 0 Å². The second-order valence-electron chi connectivity index (χ2n) is 3.97. The first-order valence-corrected chi connectivity index (χ1v) is 8.06. The Morgan fingerprint density at radius 1 is 1.13 bits per heavy atom. The van der Waals surface area contributed by atoms with Gasteiger partial charge in [-0.15, -0.1) is 13.2 Å². The molecule has 0 aliphatic rings. The molecule has 0 aliphatic carbocycles. The second kappa shape index (κ2) is 8.16. The van der Waals surface area contributed by atoms with E-state index >= 15 is 0 Å². The van der Waals surface area contributed by atoms with Crippen molar-refractivity contribution in [2.45, 2.75) is 20.2 Å². The quantitative estimate of drug-likeness (QED) is 0.441. The molecule has 0 atom stereocenters. The fourth-order valence-electron chi connectivity index (χ4n) is 1.44. The van der Waals surface area contributed by atoms with Crippen molar-refractivity contribution < 1.29 is 36.3 Å². The largest absolute Gasteiger partial charge is 0.573 e. The number of carbonyl (C=O) groups excluding carboxylic acids is 1. The maximum Gasteiger partial charge on any atom is 0.573 e. The van der Waals surface area contributed by atoms with Crippen LogP contribution >= 0.6 is 7.60 Å². The Kier molecular flexibility index (Phi) is 6.82. The number of hydrogen-bond acceptors (Lipinski definition) is 5. The third-order valence-electron chi connectivity index (χ3n) is 2.25. The molecule has 23 heavy (non-hydrogen) atoms. The highest BCUT2D eigenvalue weighted by Gasteiger charge is 2.31. The number of benzene rings is 1. The van der Waals surface area contributed by atoms with Crippen molar-refractivity contribution in [2.75, 3.05) is 13.2 Å². The number of rotatable bonds is 6. The molecule has 0 radical (unpaired) electrons. The van der Waals surface area contributed by atoms with Gasteiger partial charge in [-0.1, -0.05) is 0 Å². The lowest BCUT2D eigenvalue weighted by Crippen LogP contribution is -2.17. The van der Waals surface area contributed by atoms with Crippen LogP contribution in [0.1, 0.15) is 24.2 Å². The fourth-order valence-corrected chi connectivity index (χ4v) is 2.56. The van der Waals surface area contributed by atoms with Crippen molar-refractivity contribution in [3.8, 4) is 17.3 Å². The minimum Gasteiger partial charge on any atom is -0.406 e. The van der Waals surface area contributed by atoms with Crippen LogP contribution in [0, 0.1) is 11.6 Å². The first-order chi connectivity index (χ1) is 10.7. The molecule has 5 nitrogen and oxygen atoms in total.